The first kappa shape index (κ1) is 58.9. The molecule has 0 atom stereocenters. The maximum absolute atomic E-state index is 11.2. The summed E-state index contributed by atoms with van der Waals surface area (Å²) in [6.07, 6.45) is 14.7. The first-order valence-electron chi connectivity index (χ1n) is 22.5. The molecule has 3 heterocycles. The summed E-state index contributed by atoms with van der Waals surface area (Å²) in [5, 5.41) is 22.0. The van der Waals surface area contributed by atoms with E-state index >= 15 is 0 Å². The number of carbonyl (C=O) groups is 1. The largest absolute Gasteiger partial charge is 0.385 e. The highest BCUT2D eigenvalue weighted by Crippen LogP contribution is 2.37. The molecule has 356 valence electrons. The second-order valence-electron chi connectivity index (χ2n) is 16.3. The Morgan fingerprint density at radius 2 is 0.859 bits per heavy atom. The van der Waals surface area contributed by atoms with Gasteiger partial charge in [-0.15, -0.1) is 60.1 Å². The fourth-order valence-corrected chi connectivity index (χ4v) is 10.9. The number of hydrogen-bond acceptors (Lipinski definition) is 10. The van der Waals surface area contributed by atoms with E-state index in [4.69, 9.17) is 0 Å². The molecule has 3 aliphatic rings. The number of thioether (sulfide) groups is 3. The minimum absolute atomic E-state index is 0. The van der Waals surface area contributed by atoms with Crippen LogP contribution in [0.25, 0.3) is 0 Å². The van der Waals surface area contributed by atoms with Crippen molar-refractivity contribution in [3.8, 4) is 0 Å². The van der Waals surface area contributed by atoms with E-state index < -0.39 is 11.2 Å². The Morgan fingerprint density at radius 1 is 0.516 bits per heavy atom. The van der Waals surface area contributed by atoms with Crippen molar-refractivity contribution < 1.29 is 15.0 Å². The van der Waals surface area contributed by atoms with Crippen LogP contribution in [-0.2, 0) is 16.0 Å². The van der Waals surface area contributed by atoms with Crippen LogP contribution in [0.15, 0.2) is 126 Å². The quantitative estimate of drug-likeness (QED) is 0.127. The standard InChI is InChI=1S/C21H27NOS2.C15H23NOS.C8H15NO.C7H7BrS.2ClH/c1-3-12-22-13-10-21(23,11-14-22)17-6-4-8-19(15-17)25-20-9-5-7-18(16-20)24-2;1-3-9-16-10-7-15(17,8-11-16)13-5-4-6-14(12-13)18-2;1-2-5-9-6-3-8(10)4-7-9;1-9-7-4-2-3-6(8)5-7;;/h4-9,15-16,23H,3,10-14H2,1-2H3;4-6,12,17H,3,7-11H2,1-2H3;2-7H2,1H3;2-5H,1H3;2*1H. The van der Waals surface area contributed by atoms with Gasteiger partial charge in [-0.1, -0.05) is 84.9 Å². The number of ketones is 1. The summed E-state index contributed by atoms with van der Waals surface area (Å²) < 4.78 is 1.15. The van der Waals surface area contributed by atoms with Crippen LogP contribution in [0.4, 0.5) is 0 Å². The van der Waals surface area contributed by atoms with Gasteiger partial charge in [0.2, 0.25) is 0 Å². The number of halogens is 3. The molecule has 3 fully saturated rings. The van der Waals surface area contributed by atoms with Gasteiger partial charge in [-0.2, -0.15) is 0 Å². The molecule has 4 aromatic carbocycles. The van der Waals surface area contributed by atoms with Crippen LogP contribution in [-0.4, -0.2) is 108 Å². The molecular formula is C51H74BrCl2N3O3S4. The summed E-state index contributed by atoms with van der Waals surface area (Å²) in [5.74, 6) is 0.437. The van der Waals surface area contributed by atoms with Crippen molar-refractivity contribution in [2.45, 2.75) is 114 Å². The second-order valence-corrected chi connectivity index (χ2v) is 21.0. The van der Waals surface area contributed by atoms with Gasteiger partial charge >= 0.3 is 0 Å². The molecule has 3 aliphatic heterocycles. The van der Waals surface area contributed by atoms with E-state index in [1.54, 1.807) is 47.0 Å². The van der Waals surface area contributed by atoms with Crippen molar-refractivity contribution in [2.24, 2.45) is 0 Å². The minimum atomic E-state index is -0.679. The average molecular weight is 1060 g/mol. The molecule has 64 heavy (non-hydrogen) atoms. The third-order valence-electron chi connectivity index (χ3n) is 11.7. The number of likely N-dealkylation sites (tertiary alicyclic amines) is 3. The van der Waals surface area contributed by atoms with Crippen molar-refractivity contribution >= 4 is 93.6 Å². The normalized spacial score (nSPS) is 17.2. The number of piperidine rings is 3. The average Bonchev–Trinajstić information content (AvgIpc) is 3.30. The first-order chi connectivity index (χ1) is 30.0. The van der Waals surface area contributed by atoms with E-state index in [2.05, 4.69) is 155 Å². The Balaban J connectivity index is 0.000000315. The van der Waals surface area contributed by atoms with Gasteiger partial charge in [0.15, 0.2) is 0 Å². The number of nitrogens with zero attached hydrogens (tertiary/aromatic N) is 3. The molecule has 0 unspecified atom stereocenters. The molecule has 7 rings (SSSR count). The molecule has 0 aliphatic carbocycles. The highest BCUT2D eigenvalue weighted by molar-refractivity contribution is 9.10. The highest BCUT2D eigenvalue weighted by atomic mass is 79.9. The summed E-state index contributed by atoms with van der Waals surface area (Å²) in [4.78, 5) is 24.3. The van der Waals surface area contributed by atoms with Crippen LogP contribution < -0.4 is 0 Å². The number of aliphatic hydroxyl groups is 2. The smallest absolute Gasteiger partial charge is 0.135 e. The molecule has 4 aromatic rings. The molecule has 0 amide bonds. The van der Waals surface area contributed by atoms with Gasteiger partial charge in [-0.05, 0) is 155 Å². The summed E-state index contributed by atoms with van der Waals surface area (Å²) in [6.45, 7) is 16.0. The lowest BCUT2D eigenvalue weighted by atomic mass is 9.84. The van der Waals surface area contributed by atoms with Crippen LogP contribution in [0, 0.1) is 0 Å². The Labute approximate surface area is 424 Å². The Hall–Kier alpha value is -1.19. The highest BCUT2D eigenvalue weighted by Gasteiger charge is 2.35. The summed E-state index contributed by atoms with van der Waals surface area (Å²) in [7, 11) is 0. The van der Waals surface area contributed by atoms with E-state index in [0.29, 0.717) is 5.78 Å². The van der Waals surface area contributed by atoms with E-state index in [0.717, 1.165) is 113 Å². The van der Waals surface area contributed by atoms with Crippen molar-refractivity contribution in [1.82, 2.24) is 14.7 Å². The third-order valence-corrected chi connectivity index (χ3v) is 15.3. The van der Waals surface area contributed by atoms with Gasteiger partial charge in [0.05, 0.1) is 11.2 Å². The number of carbonyl (C=O) groups excluding carboxylic acids is 1. The first-order valence-corrected chi connectivity index (χ1v) is 27.7. The second kappa shape index (κ2) is 31.8. The fourth-order valence-electron chi connectivity index (χ4n) is 8.00. The number of rotatable bonds is 13. The Bertz CT molecular complexity index is 1900. The maximum atomic E-state index is 11.2. The van der Waals surface area contributed by atoms with Crippen LogP contribution in [0.2, 0.25) is 0 Å². The van der Waals surface area contributed by atoms with Gasteiger partial charge in [0.1, 0.15) is 5.78 Å². The van der Waals surface area contributed by atoms with Crippen molar-refractivity contribution in [1.29, 1.82) is 0 Å². The van der Waals surface area contributed by atoms with Crippen LogP contribution >= 0.6 is 87.8 Å². The monoisotopic (exact) mass is 1050 g/mol. The molecule has 0 spiro atoms. The predicted octanol–water partition coefficient (Wildman–Crippen LogP) is 13.4. The van der Waals surface area contributed by atoms with E-state index in [9.17, 15) is 15.0 Å². The van der Waals surface area contributed by atoms with Crippen molar-refractivity contribution in [2.75, 3.05) is 77.7 Å². The fraction of sp³-hybridized carbons (Fsp3) is 0.510. The minimum Gasteiger partial charge on any atom is -0.385 e. The zero-order valence-corrected chi connectivity index (χ0v) is 45.4. The lowest BCUT2D eigenvalue weighted by Gasteiger charge is -2.38. The SMILES string of the molecule is CCCN1CCC(=O)CC1.CCCN1CCC(O)(c2cccc(SC)c2)CC1.CCCN1CCC(O)(c2cccc(Sc3cccc(SC)c3)c2)CC1.CSc1cccc(Br)c1.Cl.Cl. The van der Waals surface area contributed by atoms with E-state index in [1.807, 2.05) is 12.1 Å². The summed E-state index contributed by atoms with van der Waals surface area (Å²) in [5.41, 5.74) is 0.859. The van der Waals surface area contributed by atoms with Crippen molar-refractivity contribution in [3.63, 3.8) is 0 Å². The zero-order chi connectivity index (χ0) is 44.8. The van der Waals surface area contributed by atoms with Gasteiger partial charge < -0.3 is 24.9 Å². The maximum Gasteiger partial charge on any atom is 0.135 e. The zero-order valence-electron chi connectivity index (χ0n) is 38.9. The van der Waals surface area contributed by atoms with Gasteiger partial charge in [-0.3, -0.25) is 4.79 Å². The Morgan fingerprint density at radius 3 is 1.27 bits per heavy atom. The van der Waals surface area contributed by atoms with Gasteiger partial charge in [-0.25, -0.2) is 0 Å². The number of Topliss-reactive ketones (excluding diaryl/α,β-unsaturated/α-hetero) is 1. The van der Waals surface area contributed by atoms with Gasteiger partial charge in [0, 0.05) is 81.1 Å². The summed E-state index contributed by atoms with van der Waals surface area (Å²) in [6, 6.07) is 33.7. The van der Waals surface area contributed by atoms with E-state index in [1.165, 1.54) is 43.7 Å². The molecule has 0 saturated carbocycles. The molecule has 0 radical (unpaired) electrons. The predicted molar refractivity (Wildman–Crippen MR) is 288 cm³/mol. The molecule has 0 bridgehead atoms. The number of hydrogen-bond donors (Lipinski definition) is 2. The third kappa shape index (κ3) is 20.2. The van der Waals surface area contributed by atoms with Crippen LogP contribution in [0.5, 0.6) is 0 Å². The lowest BCUT2D eigenvalue weighted by Crippen LogP contribution is -2.42. The lowest BCUT2D eigenvalue weighted by molar-refractivity contribution is -0.121. The molecule has 2 N–H and O–H groups in total. The number of benzene rings is 4. The molecule has 0 aromatic heterocycles. The van der Waals surface area contributed by atoms with Crippen molar-refractivity contribution in [3.05, 3.63) is 113 Å². The van der Waals surface area contributed by atoms with Gasteiger partial charge in [0.25, 0.3) is 0 Å². The van der Waals surface area contributed by atoms with Crippen LogP contribution in [0.1, 0.15) is 89.7 Å². The summed E-state index contributed by atoms with van der Waals surface area (Å²) >= 11 is 10.4. The molecule has 13 heteroatoms. The van der Waals surface area contributed by atoms with E-state index in [-0.39, 0.29) is 24.8 Å². The van der Waals surface area contributed by atoms with Crippen LogP contribution in [0.3, 0.4) is 0 Å². The topological polar surface area (TPSA) is 67.2 Å². The molecule has 6 nitrogen and oxygen atoms in total. The molecular weight excluding hydrogens is 982 g/mol. The molecule has 3 saturated heterocycles. The Kier molecular flexibility index (Phi) is 29.3.